The molecule has 6 nitrogen and oxygen atoms in total. The number of imidazole rings is 1. The van der Waals surface area contributed by atoms with Gasteiger partial charge in [0, 0.05) is 17.7 Å². The molecular formula is C21H22N4O2. The Bertz CT molecular complexity index is 1000. The highest BCUT2D eigenvalue weighted by Gasteiger charge is 2.27. The summed E-state index contributed by atoms with van der Waals surface area (Å²) in [5.41, 5.74) is 4.74. The molecule has 27 heavy (non-hydrogen) atoms. The first kappa shape index (κ1) is 17.3. The van der Waals surface area contributed by atoms with Gasteiger partial charge in [0.05, 0.1) is 17.9 Å². The maximum Gasteiger partial charge on any atom is 0.268 e. The predicted octanol–water partition coefficient (Wildman–Crippen LogP) is 3.72. The standard InChI is InChI=1S/C21H22N4O2/c1-12-18-15(9-6-10-17(18)26)24-19(12)21(27)23-13(2)20-22-11-16(25-20)14-7-4-3-5-8-14/h3-5,7-8,11,13,24H,6,9-10H2,1-2H3,(H,22,25)(H,23,27)/t13-/m0/s1. The smallest absolute Gasteiger partial charge is 0.268 e. The molecule has 0 radical (unpaired) electrons. The van der Waals surface area contributed by atoms with E-state index in [9.17, 15) is 9.59 Å². The van der Waals surface area contributed by atoms with Crippen molar-refractivity contribution in [2.75, 3.05) is 0 Å². The summed E-state index contributed by atoms with van der Waals surface area (Å²) in [4.78, 5) is 35.7. The number of amides is 1. The van der Waals surface area contributed by atoms with Crippen molar-refractivity contribution in [1.29, 1.82) is 0 Å². The highest BCUT2D eigenvalue weighted by molar-refractivity contribution is 6.04. The van der Waals surface area contributed by atoms with Crippen molar-refractivity contribution < 1.29 is 9.59 Å². The average molecular weight is 362 g/mol. The number of carbonyl (C=O) groups excluding carboxylic acids is 2. The summed E-state index contributed by atoms with van der Waals surface area (Å²) in [7, 11) is 0. The third-order valence-corrected chi connectivity index (χ3v) is 5.10. The maximum atomic E-state index is 12.8. The van der Waals surface area contributed by atoms with Crippen molar-refractivity contribution in [2.45, 2.75) is 39.2 Å². The van der Waals surface area contributed by atoms with E-state index in [-0.39, 0.29) is 17.7 Å². The minimum Gasteiger partial charge on any atom is -0.354 e. The Labute approximate surface area is 157 Å². The van der Waals surface area contributed by atoms with E-state index in [1.165, 1.54) is 0 Å². The second-order valence-corrected chi connectivity index (χ2v) is 7.00. The number of hydrogen-bond donors (Lipinski definition) is 3. The summed E-state index contributed by atoms with van der Waals surface area (Å²) >= 11 is 0. The molecule has 6 heteroatoms. The molecule has 0 saturated heterocycles. The lowest BCUT2D eigenvalue weighted by atomic mass is 9.94. The van der Waals surface area contributed by atoms with Gasteiger partial charge in [-0.2, -0.15) is 0 Å². The van der Waals surface area contributed by atoms with Crippen molar-refractivity contribution in [3.63, 3.8) is 0 Å². The fourth-order valence-electron chi connectivity index (χ4n) is 3.66. The van der Waals surface area contributed by atoms with Crippen LogP contribution in [-0.2, 0) is 6.42 Å². The molecule has 3 N–H and O–H groups in total. The lowest BCUT2D eigenvalue weighted by Crippen LogP contribution is -2.28. The zero-order valence-electron chi connectivity index (χ0n) is 15.4. The molecule has 1 aromatic carbocycles. The summed E-state index contributed by atoms with van der Waals surface area (Å²) in [5, 5.41) is 2.97. The molecule has 138 valence electrons. The molecule has 3 aromatic rings. The number of aromatic nitrogens is 3. The molecule has 1 atom stereocenters. The lowest BCUT2D eigenvalue weighted by molar-refractivity contribution is 0.0932. The van der Waals surface area contributed by atoms with Gasteiger partial charge in [-0.1, -0.05) is 30.3 Å². The molecule has 0 fully saturated rings. The van der Waals surface area contributed by atoms with E-state index in [4.69, 9.17) is 0 Å². The molecule has 0 spiro atoms. The molecule has 1 amide bonds. The van der Waals surface area contributed by atoms with Gasteiger partial charge in [-0.25, -0.2) is 4.98 Å². The van der Waals surface area contributed by atoms with Crippen molar-refractivity contribution >= 4 is 11.7 Å². The van der Waals surface area contributed by atoms with Crippen LogP contribution >= 0.6 is 0 Å². The van der Waals surface area contributed by atoms with Crippen LogP contribution in [0.25, 0.3) is 11.3 Å². The first-order chi connectivity index (χ1) is 13.0. The van der Waals surface area contributed by atoms with Crippen molar-refractivity contribution in [1.82, 2.24) is 20.3 Å². The number of nitrogens with one attached hydrogen (secondary N) is 3. The number of ketones is 1. The third-order valence-electron chi connectivity index (χ3n) is 5.10. The fraction of sp³-hybridized carbons (Fsp3) is 0.286. The van der Waals surface area contributed by atoms with Gasteiger partial charge in [-0.3, -0.25) is 9.59 Å². The SMILES string of the molecule is Cc1c(C(=O)N[C@@H](C)c2ncc(-c3ccccc3)[nH]2)[nH]c2c1C(=O)CCC2. The number of rotatable bonds is 4. The number of hydrogen-bond acceptors (Lipinski definition) is 3. The molecule has 0 saturated carbocycles. The minimum atomic E-state index is -0.287. The van der Waals surface area contributed by atoms with E-state index in [2.05, 4.69) is 20.3 Å². The van der Waals surface area contributed by atoms with Crippen LogP contribution in [0.4, 0.5) is 0 Å². The second-order valence-electron chi connectivity index (χ2n) is 7.00. The number of carbonyl (C=O) groups is 2. The summed E-state index contributed by atoms with van der Waals surface area (Å²) in [6, 6.07) is 9.63. The first-order valence-corrected chi connectivity index (χ1v) is 9.20. The Morgan fingerprint density at radius 1 is 1.19 bits per heavy atom. The Hall–Kier alpha value is -3.15. The van der Waals surface area contributed by atoms with Crippen LogP contribution in [0.5, 0.6) is 0 Å². The van der Waals surface area contributed by atoms with Gasteiger partial charge in [0.15, 0.2) is 5.78 Å². The van der Waals surface area contributed by atoms with E-state index >= 15 is 0 Å². The van der Waals surface area contributed by atoms with E-state index < -0.39 is 0 Å². The Kier molecular flexibility index (Phi) is 4.39. The normalized spacial score (nSPS) is 14.7. The molecule has 1 aliphatic rings. The first-order valence-electron chi connectivity index (χ1n) is 9.20. The molecule has 0 bridgehead atoms. The van der Waals surface area contributed by atoms with Crippen LogP contribution in [0.1, 0.15) is 63.7 Å². The second kappa shape index (κ2) is 6.87. The van der Waals surface area contributed by atoms with Gasteiger partial charge in [0.25, 0.3) is 5.91 Å². The van der Waals surface area contributed by atoms with Crippen LogP contribution in [0, 0.1) is 6.92 Å². The van der Waals surface area contributed by atoms with Crippen LogP contribution < -0.4 is 5.32 Å². The van der Waals surface area contributed by atoms with Gasteiger partial charge >= 0.3 is 0 Å². The van der Waals surface area contributed by atoms with Crippen LogP contribution in [0.3, 0.4) is 0 Å². The van der Waals surface area contributed by atoms with Gasteiger partial charge in [0.1, 0.15) is 11.5 Å². The molecule has 0 unspecified atom stereocenters. The van der Waals surface area contributed by atoms with E-state index in [1.807, 2.05) is 44.2 Å². The van der Waals surface area contributed by atoms with Gasteiger partial charge in [0.2, 0.25) is 0 Å². The molecule has 4 rings (SSSR count). The predicted molar refractivity (Wildman–Crippen MR) is 103 cm³/mol. The largest absolute Gasteiger partial charge is 0.354 e. The number of aromatic amines is 2. The van der Waals surface area contributed by atoms with Crippen LogP contribution in [-0.4, -0.2) is 26.6 Å². The lowest BCUT2D eigenvalue weighted by Gasteiger charge is -2.11. The topological polar surface area (TPSA) is 90.6 Å². The highest BCUT2D eigenvalue weighted by atomic mass is 16.2. The average Bonchev–Trinajstić information content (AvgIpc) is 3.28. The third kappa shape index (κ3) is 3.18. The summed E-state index contributed by atoms with van der Waals surface area (Å²) in [6.45, 7) is 3.72. The van der Waals surface area contributed by atoms with Gasteiger partial charge < -0.3 is 15.3 Å². The van der Waals surface area contributed by atoms with E-state index in [0.29, 0.717) is 23.5 Å². The fourth-order valence-corrected chi connectivity index (χ4v) is 3.66. The van der Waals surface area contributed by atoms with Crippen molar-refractivity contribution in [3.05, 3.63) is 64.9 Å². The van der Waals surface area contributed by atoms with Gasteiger partial charge in [-0.05, 0) is 37.8 Å². The summed E-state index contributed by atoms with van der Waals surface area (Å²) in [6.07, 6.45) is 3.96. The highest BCUT2D eigenvalue weighted by Crippen LogP contribution is 2.27. The Morgan fingerprint density at radius 2 is 1.96 bits per heavy atom. The van der Waals surface area contributed by atoms with Crippen molar-refractivity contribution in [2.24, 2.45) is 0 Å². The maximum absolute atomic E-state index is 12.8. The molecule has 2 heterocycles. The molecular weight excluding hydrogens is 340 g/mol. The molecule has 0 aliphatic heterocycles. The number of fused-ring (bicyclic) bond motifs is 1. The zero-order chi connectivity index (χ0) is 19.0. The minimum absolute atomic E-state index is 0.121. The van der Waals surface area contributed by atoms with Crippen LogP contribution in [0.15, 0.2) is 36.5 Å². The van der Waals surface area contributed by atoms with Crippen LogP contribution in [0.2, 0.25) is 0 Å². The monoisotopic (exact) mass is 362 g/mol. The number of aryl methyl sites for hydroxylation is 1. The summed E-state index contributed by atoms with van der Waals surface area (Å²) < 4.78 is 0. The molecule has 1 aliphatic carbocycles. The van der Waals surface area contributed by atoms with Crippen molar-refractivity contribution in [3.8, 4) is 11.3 Å². The number of H-pyrrole nitrogens is 2. The van der Waals surface area contributed by atoms with E-state index in [1.54, 1.807) is 6.20 Å². The number of Topliss-reactive ketones (excluding diaryl/α,β-unsaturated/α-hetero) is 1. The Balaban J connectivity index is 1.52. The van der Waals surface area contributed by atoms with E-state index in [0.717, 1.165) is 35.4 Å². The number of nitrogens with zero attached hydrogens (tertiary/aromatic N) is 1. The zero-order valence-corrected chi connectivity index (χ0v) is 15.4. The van der Waals surface area contributed by atoms with Gasteiger partial charge in [-0.15, -0.1) is 0 Å². The summed E-state index contributed by atoms with van der Waals surface area (Å²) in [5.74, 6) is 0.586. The quantitative estimate of drug-likeness (QED) is 0.660. The molecule has 2 aromatic heterocycles. The Morgan fingerprint density at radius 3 is 2.70 bits per heavy atom. The number of benzene rings is 1.